The Morgan fingerprint density at radius 2 is 2.19 bits per heavy atom. The lowest BCUT2D eigenvalue weighted by Crippen LogP contribution is -2.22. The fourth-order valence-electron chi connectivity index (χ4n) is 1.58. The number of carbonyl (C=O) groups is 2. The molecule has 1 aliphatic heterocycles. The number of amides is 2. The van der Waals surface area contributed by atoms with E-state index in [2.05, 4.69) is 15.4 Å². The molecule has 0 aliphatic carbocycles. The highest BCUT2D eigenvalue weighted by atomic mass is 35.5. The number of nitrogens with one attached hydrogen (secondary N) is 1. The molecule has 112 valence electrons. The average molecular weight is 317 g/mol. The maximum absolute atomic E-state index is 12.5. The Kier molecular flexibility index (Phi) is 4.46. The summed E-state index contributed by atoms with van der Waals surface area (Å²) >= 11 is 5.60. The van der Waals surface area contributed by atoms with Gasteiger partial charge in [-0.2, -0.15) is 10.1 Å². The van der Waals surface area contributed by atoms with Crippen LogP contribution >= 0.6 is 11.6 Å². The Morgan fingerprint density at radius 3 is 2.67 bits per heavy atom. The van der Waals surface area contributed by atoms with E-state index >= 15 is 0 Å². The number of rotatable bonds is 4. The third-order valence-corrected chi connectivity index (χ3v) is 2.84. The van der Waals surface area contributed by atoms with Crippen LogP contribution in [0, 0.1) is 0 Å². The Morgan fingerprint density at radius 1 is 1.48 bits per heavy atom. The van der Waals surface area contributed by atoms with Gasteiger partial charge < -0.3 is 5.32 Å². The molecule has 0 saturated carbocycles. The Labute approximate surface area is 123 Å². The molecule has 0 saturated heterocycles. The molecule has 0 bridgehead atoms. The Hall–Kier alpha value is -2.09. The third kappa shape index (κ3) is 3.52. The van der Waals surface area contributed by atoms with Crippen molar-refractivity contribution in [3.63, 3.8) is 0 Å². The fraction of sp³-hybridized carbons (Fsp3) is 0.333. The molecule has 2 rings (SSSR count). The quantitative estimate of drug-likeness (QED) is 0.863. The molecule has 2 heterocycles. The van der Waals surface area contributed by atoms with Crippen LogP contribution in [-0.4, -0.2) is 34.3 Å². The lowest BCUT2D eigenvalue weighted by Gasteiger charge is -2.11. The molecule has 0 spiro atoms. The number of nitrogens with zero attached hydrogens (tertiary/aromatic N) is 3. The SMILES string of the molecule is CC(Cl)C(=O)Nc1ccc(N2N=C(C(F)F)CC2=O)nc1. The monoisotopic (exact) mass is 316 g/mol. The van der Waals surface area contributed by atoms with Gasteiger partial charge in [0.25, 0.3) is 12.3 Å². The van der Waals surface area contributed by atoms with Gasteiger partial charge in [0.2, 0.25) is 5.91 Å². The van der Waals surface area contributed by atoms with E-state index in [1.807, 2.05) is 0 Å². The van der Waals surface area contributed by atoms with Gasteiger partial charge in [-0.1, -0.05) is 0 Å². The molecule has 1 aromatic heterocycles. The third-order valence-electron chi connectivity index (χ3n) is 2.64. The highest BCUT2D eigenvalue weighted by Gasteiger charge is 2.30. The van der Waals surface area contributed by atoms with Gasteiger partial charge in [0.1, 0.15) is 11.1 Å². The number of carbonyl (C=O) groups excluding carboxylic acids is 2. The van der Waals surface area contributed by atoms with E-state index in [9.17, 15) is 18.4 Å². The number of alkyl halides is 3. The van der Waals surface area contributed by atoms with Crippen molar-refractivity contribution in [2.75, 3.05) is 10.3 Å². The molecule has 0 radical (unpaired) electrons. The molecular weight excluding hydrogens is 306 g/mol. The number of hydrazone groups is 1. The van der Waals surface area contributed by atoms with Crippen LogP contribution in [-0.2, 0) is 9.59 Å². The van der Waals surface area contributed by atoms with E-state index in [1.165, 1.54) is 25.3 Å². The average Bonchev–Trinajstić information content (AvgIpc) is 2.82. The maximum atomic E-state index is 12.5. The van der Waals surface area contributed by atoms with Crippen molar-refractivity contribution in [2.45, 2.75) is 25.1 Å². The second kappa shape index (κ2) is 6.13. The molecule has 1 unspecified atom stereocenters. The van der Waals surface area contributed by atoms with Crippen LogP contribution in [0.25, 0.3) is 0 Å². The van der Waals surface area contributed by atoms with Crippen molar-refractivity contribution < 1.29 is 18.4 Å². The van der Waals surface area contributed by atoms with Crippen LogP contribution in [0.15, 0.2) is 23.4 Å². The first-order valence-corrected chi connectivity index (χ1v) is 6.41. The van der Waals surface area contributed by atoms with Gasteiger partial charge in [-0.25, -0.2) is 13.8 Å². The van der Waals surface area contributed by atoms with Gasteiger partial charge in [0.15, 0.2) is 5.82 Å². The van der Waals surface area contributed by atoms with Gasteiger partial charge in [0.05, 0.1) is 18.3 Å². The highest BCUT2D eigenvalue weighted by molar-refractivity contribution is 6.32. The Bertz CT molecular complexity index is 589. The van der Waals surface area contributed by atoms with Crippen LogP contribution in [0.1, 0.15) is 13.3 Å². The van der Waals surface area contributed by atoms with Crippen molar-refractivity contribution in [1.29, 1.82) is 0 Å². The zero-order valence-electron chi connectivity index (χ0n) is 10.9. The minimum absolute atomic E-state index is 0.104. The van der Waals surface area contributed by atoms with Crippen molar-refractivity contribution >= 4 is 40.6 Å². The molecule has 6 nitrogen and oxygen atoms in total. The number of pyridine rings is 1. The van der Waals surface area contributed by atoms with Crippen LogP contribution in [0.5, 0.6) is 0 Å². The van der Waals surface area contributed by atoms with E-state index in [0.717, 1.165) is 5.01 Å². The highest BCUT2D eigenvalue weighted by Crippen LogP contribution is 2.21. The minimum Gasteiger partial charge on any atom is -0.323 e. The topological polar surface area (TPSA) is 74.7 Å². The van der Waals surface area contributed by atoms with Crippen LogP contribution < -0.4 is 10.3 Å². The summed E-state index contributed by atoms with van der Waals surface area (Å²) in [6.45, 7) is 1.52. The van der Waals surface area contributed by atoms with E-state index in [1.54, 1.807) is 0 Å². The van der Waals surface area contributed by atoms with Gasteiger partial charge in [-0.05, 0) is 19.1 Å². The molecule has 9 heteroatoms. The Balaban J connectivity index is 2.12. The fourth-order valence-corrected chi connectivity index (χ4v) is 1.63. The number of aromatic nitrogens is 1. The number of hydrogen-bond donors (Lipinski definition) is 1. The van der Waals surface area contributed by atoms with Crippen LogP contribution in [0.4, 0.5) is 20.3 Å². The van der Waals surface area contributed by atoms with E-state index in [-0.39, 0.29) is 5.82 Å². The van der Waals surface area contributed by atoms with Gasteiger partial charge >= 0.3 is 0 Å². The zero-order chi connectivity index (χ0) is 15.6. The normalized spacial score (nSPS) is 16.1. The van der Waals surface area contributed by atoms with Crippen molar-refractivity contribution in [2.24, 2.45) is 5.10 Å². The summed E-state index contributed by atoms with van der Waals surface area (Å²) in [6, 6.07) is 2.87. The summed E-state index contributed by atoms with van der Waals surface area (Å²) in [6.07, 6.45) is -1.92. The van der Waals surface area contributed by atoms with E-state index in [4.69, 9.17) is 11.6 Å². The first kappa shape index (κ1) is 15.3. The molecule has 2 amide bonds. The second-order valence-corrected chi connectivity index (χ2v) is 4.94. The molecule has 1 N–H and O–H groups in total. The summed E-state index contributed by atoms with van der Waals surface area (Å²) in [5.41, 5.74) is -0.115. The summed E-state index contributed by atoms with van der Waals surface area (Å²) in [5.74, 6) is -0.877. The molecule has 21 heavy (non-hydrogen) atoms. The largest absolute Gasteiger partial charge is 0.323 e. The smallest absolute Gasteiger partial charge is 0.278 e. The molecule has 1 atom stereocenters. The molecule has 0 fully saturated rings. The summed E-state index contributed by atoms with van der Waals surface area (Å²) in [4.78, 5) is 26.9. The number of anilines is 2. The second-order valence-electron chi connectivity index (χ2n) is 4.28. The van der Waals surface area contributed by atoms with Crippen molar-refractivity contribution in [3.8, 4) is 0 Å². The van der Waals surface area contributed by atoms with Crippen molar-refractivity contribution in [3.05, 3.63) is 18.3 Å². The predicted octanol–water partition coefficient (Wildman–Crippen LogP) is 2.01. The van der Waals surface area contributed by atoms with Crippen LogP contribution in [0.3, 0.4) is 0 Å². The molecule has 1 aromatic rings. The number of halogens is 3. The zero-order valence-corrected chi connectivity index (χ0v) is 11.6. The minimum atomic E-state index is -2.78. The maximum Gasteiger partial charge on any atom is 0.278 e. The molecule has 1 aliphatic rings. The molecular formula is C12H11ClF2N4O2. The van der Waals surface area contributed by atoms with E-state index < -0.39 is 35.7 Å². The molecule has 0 aromatic carbocycles. The summed E-state index contributed by atoms with van der Waals surface area (Å²) in [5, 5.41) is 6.15. The van der Waals surface area contributed by atoms with E-state index in [0.29, 0.717) is 5.69 Å². The lowest BCUT2D eigenvalue weighted by atomic mass is 10.3. The first-order chi connectivity index (χ1) is 9.88. The van der Waals surface area contributed by atoms with Gasteiger partial charge in [-0.15, -0.1) is 11.6 Å². The standard InChI is InChI=1S/C12H11ClF2N4O2/c1-6(13)12(21)17-7-2-3-9(16-5-7)19-10(20)4-8(18-19)11(14)15/h2-3,5-6,11H,4H2,1H3,(H,17,21). The lowest BCUT2D eigenvalue weighted by molar-refractivity contribution is -0.117. The summed E-state index contributed by atoms with van der Waals surface area (Å²) < 4.78 is 25.0. The predicted molar refractivity (Wildman–Crippen MR) is 73.7 cm³/mol. The summed E-state index contributed by atoms with van der Waals surface area (Å²) in [7, 11) is 0. The van der Waals surface area contributed by atoms with Gasteiger partial charge in [-0.3, -0.25) is 9.59 Å². The van der Waals surface area contributed by atoms with Crippen LogP contribution in [0.2, 0.25) is 0 Å². The van der Waals surface area contributed by atoms with Gasteiger partial charge in [0, 0.05) is 0 Å². The number of hydrogen-bond acceptors (Lipinski definition) is 4. The first-order valence-electron chi connectivity index (χ1n) is 5.98. The van der Waals surface area contributed by atoms with Crippen molar-refractivity contribution in [1.82, 2.24) is 4.98 Å².